The summed E-state index contributed by atoms with van der Waals surface area (Å²) in [6, 6.07) is 9.49. The maximum atomic E-state index is 12.5. The number of nitrogens with one attached hydrogen (secondary N) is 2. The van der Waals surface area contributed by atoms with Crippen LogP contribution < -0.4 is 21.3 Å². The number of fused-ring (bicyclic) bond motifs is 1. The van der Waals surface area contributed by atoms with Crippen LogP contribution in [0.15, 0.2) is 46.0 Å². The molecule has 0 unspecified atom stereocenters. The maximum absolute atomic E-state index is 12.5. The highest BCUT2D eigenvalue weighted by Gasteiger charge is 2.14. The summed E-state index contributed by atoms with van der Waals surface area (Å²) in [5, 5.41) is 2.88. The molecule has 0 saturated carbocycles. The van der Waals surface area contributed by atoms with E-state index in [0.29, 0.717) is 11.3 Å². The molecule has 2 N–H and O–H groups in total. The molecule has 2 aromatic heterocycles. The Morgan fingerprint density at radius 2 is 1.76 bits per heavy atom. The van der Waals surface area contributed by atoms with Crippen molar-refractivity contribution in [1.82, 2.24) is 19.4 Å². The van der Waals surface area contributed by atoms with Crippen molar-refractivity contribution in [3.8, 4) is 0 Å². The fourth-order valence-electron chi connectivity index (χ4n) is 2.82. The van der Waals surface area contributed by atoms with Gasteiger partial charge in [-0.2, -0.15) is 0 Å². The third-order valence-corrected chi connectivity index (χ3v) is 4.88. The van der Waals surface area contributed by atoms with Crippen LogP contribution >= 0.6 is 0 Å². The number of para-hydroxylation sites is 1. The number of sulfonamides is 1. The first kappa shape index (κ1) is 20.3. The predicted molar refractivity (Wildman–Crippen MR) is 108 cm³/mol. The van der Waals surface area contributed by atoms with E-state index in [4.69, 9.17) is 0 Å². The fourth-order valence-corrected chi connectivity index (χ4v) is 3.42. The zero-order valence-corrected chi connectivity index (χ0v) is 16.8. The van der Waals surface area contributed by atoms with Gasteiger partial charge in [-0.05, 0) is 23.8 Å². The molecular formula is C18H19N5O5S. The molecule has 0 spiro atoms. The normalized spacial score (nSPS) is 11.4. The highest BCUT2D eigenvalue weighted by molar-refractivity contribution is 7.92. The van der Waals surface area contributed by atoms with E-state index in [9.17, 15) is 22.8 Å². The number of aromatic nitrogens is 3. The molecule has 0 fully saturated rings. The lowest BCUT2D eigenvalue weighted by atomic mass is 10.2. The van der Waals surface area contributed by atoms with E-state index in [1.165, 1.54) is 30.8 Å². The Balaban J connectivity index is 1.89. The van der Waals surface area contributed by atoms with Crippen LogP contribution in [0, 0.1) is 0 Å². The molecule has 11 heteroatoms. The minimum Gasteiger partial charge on any atom is -0.347 e. The molecule has 0 saturated heterocycles. The molecule has 3 rings (SSSR count). The Bertz CT molecular complexity index is 1340. The summed E-state index contributed by atoms with van der Waals surface area (Å²) in [5.41, 5.74) is -0.00290. The maximum Gasteiger partial charge on any atom is 0.332 e. The quantitative estimate of drug-likeness (QED) is 0.597. The summed E-state index contributed by atoms with van der Waals surface area (Å²) in [7, 11) is -0.638. The summed E-state index contributed by atoms with van der Waals surface area (Å²) in [5.74, 6) is -0.533. The van der Waals surface area contributed by atoms with Gasteiger partial charge < -0.3 is 5.32 Å². The number of benzene rings is 1. The number of rotatable bonds is 5. The first-order valence-electron chi connectivity index (χ1n) is 8.49. The average Bonchev–Trinajstić information content (AvgIpc) is 2.68. The topological polar surface area (TPSA) is 132 Å². The van der Waals surface area contributed by atoms with E-state index in [2.05, 4.69) is 15.0 Å². The minimum absolute atomic E-state index is 0.0225. The van der Waals surface area contributed by atoms with Crippen molar-refractivity contribution < 1.29 is 13.2 Å². The second-order valence-electron chi connectivity index (χ2n) is 6.49. The fraction of sp³-hybridized carbons (Fsp3) is 0.222. The van der Waals surface area contributed by atoms with Crippen molar-refractivity contribution >= 4 is 32.7 Å². The molecule has 1 amide bonds. The van der Waals surface area contributed by atoms with Crippen molar-refractivity contribution in [2.75, 3.05) is 11.0 Å². The summed E-state index contributed by atoms with van der Waals surface area (Å²) in [4.78, 5) is 41.0. The molecule has 0 aliphatic heterocycles. The van der Waals surface area contributed by atoms with Crippen molar-refractivity contribution in [3.63, 3.8) is 0 Å². The molecule has 0 aliphatic carbocycles. The summed E-state index contributed by atoms with van der Waals surface area (Å²) >= 11 is 0. The first-order valence-corrected chi connectivity index (χ1v) is 10.4. The monoisotopic (exact) mass is 417 g/mol. The van der Waals surface area contributed by atoms with Gasteiger partial charge in [0.1, 0.15) is 11.3 Å². The van der Waals surface area contributed by atoms with Gasteiger partial charge in [-0.15, -0.1) is 0 Å². The van der Waals surface area contributed by atoms with Crippen LogP contribution in [-0.2, 0) is 30.7 Å². The molecule has 29 heavy (non-hydrogen) atoms. The Kier molecular flexibility index (Phi) is 5.25. The number of pyridine rings is 1. The largest absolute Gasteiger partial charge is 0.347 e. The number of anilines is 1. The highest BCUT2D eigenvalue weighted by atomic mass is 32.2. The molecule has 0 aliphatic rings. The summed E-state index contributed by atoms with van der Waals surface area (Å²) < 4.78 is 27.5. The van der Waals surface area contributed by atoms with Gasteiger partial charge in [0, 0.05) is 20.6 Å². The molecule has 152 valence electrons. The van der Waals surface area contributed by atoms with Gasteiger partial charge >= 0.3 is 5.69 Å². The van der Waals surface area contributed by atoms with E-state index in [0.717, 1.165) is 10.8 Å². The zero-order chi connectivity index (χ0) is 21.3. The van der Waals surface area contributed by atoms with Crippen LogP contribution in [-0.4, -0.2) is 34.7 Å². The van der Waals surface area contributed by atoms with Crippen LogP contribution in [0.1, 0.15) is 16.1 Å². The van der Waals surface area contributed by atoms with E-state index < -0.39 is 27.2 Å². The summed E-state index contributed by atoms with van der Waals surface area (Å²) in [6.07, 6.45) is 1.04. The summed E-state index contributed by atoms with van der Waals surface area (Å²) in [6.45, 7) is 0.0483. The number of amides is 1. The van der Waals surface area contributed by atoms with Crippen LogP contribution in [0.5, 0.6) is 0 Å². The number of carbonyl (C=O) groups excluding carboxylic acids is 1. The van der Waals surface area contributed by atoms with E-state index in [-0.39, 0.29) is 23.3 Å². The smallest absolute Gasteiger partial charge is 0.332 e. The van der Waals surface area contributed by atoms with Gasteiger partial charge in [-0.1, -0.05) is 18.2 Å². The molecule has 3 aromatic rings. The van der Waals surface area contributed by atoms with Crippen molar-refractivity contribution in [2.45, 2.75) is 6.54 Å². The lowest BCUT2D eigenvalue weighted by Gasteiger charge is -2.12. The lowest BCUT2D eigenvalue weighted by molar-refractivity contribution is 0.0946. The first-order chi connectivity index (χ1) is 13.6. The van der Waals surface area contributed by atoms with Gasteiger partial charge in [-0.25, -0.2) is 18.2 Å². The molecule has 2 heterocycles. The van der Waals surface area contributed by atoms with Gasteiger partial charge in [0.05, 0.1) is 17.3 Å². The van der Waals surface area contributed by atoms with Crippen molar-refractivity contribution in [3.05, 3.63) is 68.5 Å². The third-order valence-electron chi connectivity index (χ3n) is 4.29. The molecule has 0 radical (unpaired) electrons. The predicted octanol–water partition coefficient (Wildman–Crippen LogP) is -0.0663. The van der Waals surface area contributed by atoms with E-state index in [1.54, 1.807) is 24.3 Å². The lowest BCUT2D eigenvalue weighted by Crippen LogP contribution is -2.37. The molecule has 10 nitrogen and oxygen atoms in total. The average molecular weight is 417 g/mol. The van der Waals surface area contributed by atoms with E-state index >= 15 is 0 Å². The molecule has 0 atom stereocenters. The standard InChI is InChI=1S/C18H19N5O5S/c1-22-15-12(17(25)23(2)18(22)26)8-9-14(20-15)16(24)19-10-11-6-4-5-7-13(11)21-29(3,27)28/h4-9,21H,10H2,1-3H3,(H,19,24). The number of hydrogen-bond donors (Lipinski definition) is 2. The Morgan fingerprint density at radius 3 is 2.45 bits per heavy atom. The SMILES string of the molecule is Cn1c(=O)c2ccc(C(=O)NCc3ccccc3NS(C)(=O)=O)nc2n(C)c1=O. The zero-order valence-electron chi connectivity index (χ0n) is 16.0. The van der Waals surface area contributed by atoms with Crippen LogP contribution in [0.4, 0.5) is 5.69 Å². The third kappa shape index (κ3) is 4.19. The van der Waals surface area contributed by atoms with Crippen LogP contribution in [0.2, 0.25) is 0 Å². The van der Waals surface area contributed by atoms with Gasteiger partial charge in [0.15, 0.2) is 0 Å². The molecular weight excluding hydrogens is 398 g/mol. The van der Waals surface area contributed by atoms with Gasteiger partial charge in [-0.3, -0.25) is 23.4 Å². The minimum atomic E-state index is -3.47. The Morgan fingerprint density at radius 1 is 1.07 bits per heavy atom. The Hall–Kier alpha value is -3.47. The van der Waals surface area contributed by atoms with Gasteiger partial charge in [0.25, 0.3) is 11.5 Å². The second kappa shape index (κ2) is 7.51. The number of carbonyl (C=O) groups is 1. The van der Waals surface area contributed by atoms with Crippen LogP contribution in [0.25, 0.3) is 11.0 Å². The second-order valence-corrected chi connectivity index (χ2v) is 8.24. The highest BCUT2D eigenvalue weighted by Crippen LogP contribution is 2.16. The van der Waals surface area contributed by atoms with E-state index in [1.807, 2.05) is 0 Å². The number of aryl methyl sites for hydroxylation is 1. The van der Waals surface area contributed by atoms with Gasteiger partial charge in [0.2, 0.25) is 10.0 Å². The van der Waals surface area contributed by atoms with Crippen molar-refractivity contribution in [2.24, 2.45) is 14.1 Å². The molecule has 1 aromatic carbocycles. The van der Waals surface area contributed by atoms with Crippen LogP contribution in [0.3, 0.4) is 0 Å². The Labute approximate surface area is 165 Å². The number of hydrogen-bond acceptors (Lipinski definition) is 6. The van der Waals surface area contributed by atoms with Crippen molar-refractivity contribution in [1.29, 1.82) is 0 Å². The molecule has 0 bridgehead atoms. The number of nitrogens with zero attached hydrogens (tertiary/aromatic N) is 3.